The first-order chi connectivity index (χ1) is 10.8. The summed E-state index contributed by atoms with van der Waals surface area (Å²) in [6.45, 7) is 4.42. The molecular formula is C20H25NO2. The van der Waals surface area contributed by atoms with Crippen molar-refractivity contribution in [2.45, 2.75) is 58.0 Å². The van der Waals surface area contributed by atoms with Crippen LogP contribution in [0.4, 0.5) is 0 Å². The highest BCUT2D eigenvalue weighted by atomic mass is 16.3. The summed E-state index contributed by atoms with van der Waals surface area (Å²) in [7, 11) is 0. The van der Waals surface area contributed by atoms with E-state index in [-0.39, 0.29) is 16.6 Å². The monoisotopic (exact) mass is 311 g/mol. The molecular weight excluding hydrogens is 286 g/mol. The number of rotatable bonds is 0. The van der Waals surface area contributed by atoms with Gasteiger partial charge in [-0.3, -0.25) is 4.79 Å². The van der Waals surface area contributed by atoms with Crippen molar-refractivity contribution in [2.24, 2.45) is 28.6 Å². The number of fused-ring (bicyclic) bond motifs is 5. The van der Waals surface area contributed by atoms with Crippen molar-refractivity contribution in [1.29, 1.82) is 5.26 Å². The van der Waals surface area contributed by atoms with E-state index in [1.54, 1.807) is 6.08 Å². The van der Waals surface area contributed by atoms with E-state index >= 15 is 0 Å². The van der Waals surface area contributed by atoms with Crippen molar-refractivity contribution in [1.82, 2.24) is 0 Å². The first-order valence-corrected chi connectivity index (χ1v) is 8.92. The molecule has 6 atom stereocenters. The van der Waals surface area contributed by atoms with Crippen molar-refractivity contribution < 1.29 is 9.90 Å². The molecule has 4 aliphatic rings. The third-order valence-electron chi connectivity index (χ3n) is 7.89. The van der Waals surface area contributed by atoms with Gasteiger partial charge in [-0.1, -0.05) is 25.5 Å². The molecule has 0 amide bonds. The molecule has 1 N–H and O–H groups in total. The zero-order chi connectivity index (χ0) is 16.5. The van der Waals surface area contributed by atoms with Gasteiger partial charge in [0.15, 0.2) is 11.4 Å². The van der Waals surface area contributed by atoms with Gasteiger partial charge in [0.05, 0.1) is 6.07 Å². The molecule has 4 rings (SSSR count). The van der Waals surface area contributed by atoms with Gasteiger partial charge in [0.1, 0.15) is 0 Å². The van der Waals surface area contributed by atoms with E-state index in [2.05, 4.69) is 26.0 Å². The Hall–Kier alpha value is -1.40. The summed E-state index contributed by atoms with van der Waals surface area (Å²) in [5, 5.41) is 20.4. The van der Waals surface area contributed by atoms with E-state index < -0.39 is 5.60 Å². The summed E-state index contributed by atoms with van der Waals surface area (Å²) in [4.78, 5) is 11.7. The molecule has 4 aliphatic carbocycles. The SMILES string of the molecule is C[C@]12C=CC(=O)C=C1CC[C@@H]1[C@@H]2CC[C@@]2(C)[C@H]1CC[C@]2(O)C#N. The summed E-state index contributed by atoms with van der Waals surface area (Å²) in [5.41, 5.74) is -0.138. The molecule has 0 aromatic rings. The van der Waals surface area contributed by atoms with Crippen LogP contribution in [0, 0.1) is 39.9 Å². The molecule has 3 saturated carbocycles. The Kier molecular flexibility index (Phi) is 3.01. The fourth-order valence-corrected chi connectivity index (χ4v) is 6.40. The Bertz CT molecular complexity index is 672. The molecule has 3 nitrogen and oxygen atoms in total. The highest BCUT2D eigenvalue weighted by Crippen LogP contribution is 2.66. The van der Waals surface area contributed by atoms with Crippen LogP contribution in [-0.2, 0) is 4.79 Å². The summed E-state index contributed by atoms with van der Waals surface area (Å²) in [6.07, 6.45) is 11.3. The maximum atomic E-state index is 11.7. The number of carbonyl (C=O) groups is 1. The minimum absolute atomic E-state index is 0.00843. The predicted molar refractivity (Wildman–Crippen MR) is 87.2 cm³/mol. The molecule has 0 heterocycles. The maximum absolute atomic E-state index is 11.7. The second-order valence-electron chi connectivity index (χ2n) is 8.57. The Labute approximate surface area is 138 Å². The van der Waals surface area contributed by atoms with Gasteiger partial charge in [-0.05, 0) is 68.4 Å². The van der Waals surface area contributed by atoms with Crippen molar-refractivity contribution in [2.75, 3.05) is 0 Å². The minimum atomic E-state index is -1.15. The number of allylic oxidation sites excluding steroid dienone is 4. The number of ketones is 1. The maximum Gasteiger partial charge on any atom is 0.178 e. The van der Waals surface area contributed by atoms with E-state index in [1.807, 2.05) is 6.08 Å². The Morgan fingerprint density at radius 2 is 1.96 bits per heavy atom. The number of hydrogen-bond acceptors (Lipinski definition) is 3. The molecule has 23 heavy (non-hydrogen) atoms. The molecule has 0 spiro atoms. The second-order valence-corrected chi connectivity index (χ2v) is 8.57. The van der Waals surface area contributed by atoms with Crippen LogP contribution < -0.4 is 0 Å². The summed E-state index contributed by atoms with van der Waals surface area (Å²) in [6, 6.07) is 2.23. The number of aliphatic hydroxyl groups is 1. The van der Waals surface area contributed by atoms with Crippen molar-refractivity contribution in [3.8, 4) is 6.07 Å². The van der Waals surface area contributed by atoms with Crippen LogP contribution >= 0.6 is 0 Å². The van der Waals surface area contributed by atoms with Crippen molar-refractivity contribution >= 4 is 5.78 Å². The van der Waals surface area contributed by atoms with Crippen LogP contribution in [0.3, 0.4) is 0 Å². The highest BCUT2D eigenvalue weighted by molar-refractivity contribution is 6.01. The molecule has 3 fully saturated rings. The quantitative estimate of drug-likeness (QED) is 0.696. The van der Waals surface area contributed by atoms with E-state index in [0.717, 1.165) is 32.1 Å². The predicted octanol–water partition coefficient (Wildman–Crippen LogP) is 3.55. The minimum Gasteiger partial charge on any atom is -0.375 e. The number of nitrogens with zero attached hydrogens (tertiary/aromatic N) is 1. The van der Waals surface area contributed by atoms with Crippen LogP contribution in [0.5, 0.6) is 0 Å². The Morgan fingerprint density at radius 1 is 1.22 bits per heavy atom. The van der Waals surface area contributed by atoms with E-state index in [0.29, 0.717) is 24.2 Å². The van der Waals surface area contributed by atoms with Crippen LogP contribution in [0.2, 0.25) is 0 Å². The summed E-state index contributed by atoms with van der Waals surface area (Å²) in [5.74, 6) is 1.63. The van der Waals surface area contributed by atoms with Gasteiger partial charge in [0.25, 0.3) is 0 Å². The van der Waals surface area contributed by atoms with E-state index in [9.17, 15) is 15.2 Å². The third kappa shape index (κ3) is 1.76. The van der Waals surface area contributed by atoms with Crippen LogP contribution in [0.25, 0.3) is 0 Å². The number of nitriles is 1. The number of carbonyl (C=O) groups excluding carboxylic acids is 1. The normalized spacial score (nSPS) is 51.3. The van der Waals surface area contributed by atoms with Gasteiger partial charge < -0.3 is 5.11 Å². The second kappa shape index (κ2) is 4.57. The van der Waals surface area contributed by atoms with Crippen LogP contribution in [-0.4, -0.2) is 16.5 Å². The van der Waals surface area contributed by atoms with Gasteiger partial charge in [-0.15, -0.1) is 0 Å². The molecule has 3 heteroatoms. The van der Waals surface area contributed by atoms with E-state index in [1.165, 1.54) is 5.57 Å². The summed E-state index contributed by atoms with van der Waals surface area (Å²) >= 11 is 0. The van der Waals surface area contributed by atoms with Crippen LogP contribution in [0.1, 0.15) is 52.4 Å². The zero-order valence-corrected chi connectivity index (χ0v) is 14.0. The lowest BCUT2D eigenvalue weighted by Gasteiger charge is -2.57. The zero-order valence-electron chi connectivity index (χ0n) is 14.0. The average Bonchev–Trinajstić information content (AvgIpc) is 2.80. The first-order valence-electron chi connectivity index (χ1n) is 8.92. The van der Waals surface area contributed by atoms with Gasteiger partial charge in [-0.2, -0.15) is 5.26 Å². The van der Waals surface area contributed by atoms with Crippen molar-refractivity contribution in [3.63, 3.8) is 0 Å². The topological polar surface area (TPSA) is 61.1 Å². The number of hydrogen-bond donors (Lipinski definition) is 1. The smallest absolute Gasteiger partial charge is 0.178 e. The van der Waals surface area contributed by atoms with Gasteiger partial charge in [-0.25, -0.2) is 0 Å². The van der Waals surface area contributed by atoms with Crippen LogP contribution in [0.15, 0.2) is 23.8 Å². The van der Waals surface area contributed by atoms with E-state index in [4.69, 9.17) is 0 Å². The fraction of sp³-hybridized carbons (Fsp3) is 0.700. The van der Waals surface area contributed by atoms with Gasteiger partial charge in [0, 0.05) is 10.8 Å². The largest absolute Gasteiger partial charge is 0.375 e. The van der Waals surface area contributed by atoms with Gasteiger partial charge >= 0.3 is 0 Å². The fourth-order valence-electron chi connectivity index (χ4n) is 6.40. The molecule has 0 saturated heterocycles. The third-order valence-corrected chi connectivity index (χ3v) is 7.89. The molecule has 0 unspecified atom stereocenters. The molecule has 0 aromatic heterocycles. The molecule has 0 radical (unpaired) electrons. The van der Waals surface area contributed by atoms with Crippen molar-refractivity contribution in [3.05, 3.63) is 23.8 Å². The standard InChI is InChI=1S/C20H25NO2/c1-18-8-5-14(22)11-13(18)3-4-15-16(18)6-9-19(2)17(15)7-10-20(19,23)12-21/h5,8,11,15-17,23H,3-4,6-7,9-10H2,1-2H3/t15-,16+,17+,18+,19+,20+/m1/s1. The highest BCUT2D eigenvalue weighted by Gasteiger charge is 2.64. The lowest BCUT2D eigenvalue weighted by molar-refractivity contribution is -0.111. The Balaban J connectivity index is 1.72. The van der Waals surface area contributed by atoms with Gasteiger partial charge in [0.2, 0.25) is 0 Å². The Morgan fingerprint density at radius 3 is 2.70 bits per heavy atom. The molecule has 122 valence electrons. The molecule has 0 aromatic carbocycles. The average molecular weight is 311 g/mol. The first kappa shape index (κ1) is 15.1. The lowest BCUT2D eigenvalue weighted by Crippen LogP contribution is -2.53. The molecule has 0 aliphatic heterocycles. The summed E-state index contributed by atoms with van der Waals surface area (Å²) < 4.78 is 0. The molecule has 0 bridgehead atoms. The lowest BCUT2D eigenvalue weighted by atomic mass is 9.47.